The average Bonchev–Trinajstić information content (AvgIpc) is 2.37. The number of alkyl halides is 1. The molecule has 18 heavy (non-hydrogen) atoms. The highest BCUT2D eigenvalue weighted by molar-refractivity contribution is 7.89. The number of hydrogen-bond donors (Lipinski definition) is 0. The molecule has 1 rings (SSSR count). The van der Waals surface area contributed by atoms with Gasteiger partial charge in [-0.15, -0.1) is 0 Å². The van der Waals surface area contributed by atoms with Gasteiger partial charge in [0.05, 0.1) is 0 Å². The highest BCUT2D eigenvalue weighted by Crippen LogP contribution is 2.27. The third-order valence-electron chi connectivity index (χ3n) is 2.44. The second-order valence-electron chi connectivity index (χ2n) is 3.41. The lowest BCUT2D eigenvalue weighted by Crippen LogP contribution is -2.27. The van der Waals surface area contributed by atoms with Gasteiger partial charge in [-0.25, -0.2) is 17.1 Å². The molecule has 0 heterocycles. The van der Waals surface area contributed by atoms with Crippen LogP contribution >= 0.6 is 0 Å². The smallest absolute Gasteiger partial charge is 0.244 e. The Labute approximate surface area is 105 Å². The van der Waals surface area contributed by atoms with Gasteiger partial charge in [-0.1, -0.05) is 13.0 Å². The fourth-order valence-electron chi connectivity index (χ4n) is 1.35. The van der Waals surface area contributed by atoms with Crippen molar-refractivity contribution in [1.82, 2.24) is 4.31 Å². The van der Waals surface area contributed by atoms with E-state index in [4.69, 9.17) is 5.26 Å². The van der Waals surface area contributed by atoms with Gasteiger partial charge in [0.15, 0.2) is 0 Å². The molecule has 0 fully saturated rings. The van der Waals surface area contributed by atoms with Crippen LogP contribution in [-0.2, 0) is 10.0 Å². The molecule has 0 unspecified atom stereocenters. The molecule has 1 aromatic rings. The Morgan fingerprint density at radius 3 is 2.67 bits per heavy atom. The van der Waals surface area contributed by atoms with Gasteiger partial charge in [-0.3, -0.25) is 0 Å². The van der Waals surface area contributed by atoms with Crippen molar-refractivity contribution in [3.8, 4) is 11.8 Å². The van der Waals surface area contributed by atoms with Crippen LogP contribution in [0.1, 0.15) is 12.5 Å². The molecule has 0 atom stereocenters. The maximum atomic E-state index is 12.2. The predicted molar refractivity (Wildman–Crippen MR) is 63.2 cm³/mol. The molecule has 0 N–H and O–H groups in total. The SMILES string of the molecule is CCN(C)S(=O)(=O)c1cccc(OCF)c1C#N. The van der Waals surface area contributed by atoms with Gasteiger partial charge >= 0.3 is 0 Å². The zero-order valence-electron chi connectivity index (χ0n) is 10.1. The molecule has 98 valence electrons. The highest BCUT2D eigenvalue weighted by Gasteiger charge is 2.25. The van der Waals surface area contributed by atoms with Crippen LogP contribution in [-0.4, -0.2) is 33.2 Å². The summed E-state index contributed by atoms with van der Waals surface area (Å²) in [4.78, 5) is -0.180. The molecule has 0 saturated heterocycles. The summed E-state index contributed by atoms with van der Waals surface area (Å²) >= 11 is 0. The second kappa shape index (κ2) is 5.80. The van der Waals surface area contributed by atoms with E-state index >= 15 is 0 Å². The van der Waals surface area contributed by atoms with Gasteiger partial charge in [0.2, 0.25) is 16.9 Å². The van der Waals surface area contributed by atoms with Gasteiger partial charge in [0.25, 0.3) is 0 Å². The van der Waals surface area contributed by atoms with Crippen molar-refractivity contribution in [2.75, 3.05) is 20.5 Å². The van der Waals surface area contributed by atoms with E-state index in [0.29, 0.717) is 0 Å². The minimum atomic E-state index is -3.76. The minimum absolute atomic E-state index is 0.0782. The summed E-state index contributed by atoms with van der Waals surface area (Å²) in [5.74, 6) is -0.0782. The number of ether oxygens (including phenoxy) is 1. The molecule has 0 aliphatic heterocycles. The Hall–Kier alpha value is -1.65. The number of benzene rings is 1. The van der Waals surface area contributed by atoms with Crippen LogP contribution in [0.5, 0.6) is 5.75 Å². The first kappa shape index (κ1) is 14.4. The van der Waals surface area contributed by atoms with Crippen molar-refractivity contribution < 1.29 is 17.5 Å². The third-order valence-corrected chi connectivity index (χ3v) is 4.42. The normalized spacial score (nSPS) is 11.3. The number of nitriles is 1. The Bertz CT molecular complexity index is 566. The summed E-state index contributed by atoms with van der Waals surface area (Å²) in [6.07, 6.45) is 0. The summed E-state index contributed by atoms with van der Waals surface area (Å²) in [7, 11) is -2.36. The first-order valence-electron chi connectivity index (χ1n) is 5.17. The lowest BCUT2D eigenvalue weighted by molar-refractivity contribution is 0.191. The molecule has 1 aromatic carbocycles. The molecule has 0 bridgehead atoms. The van der Waals surface area contributed by atoms with E-state index in [-0.39, 0.29) is 22.8 Å². The number of sulfonamides is 1. The van der Waals surface area contributed by atoms with E-state index in [0.717, 1.165) is 4.31 Å². The Morgan fingerprint density at radius 1 is 1.50 bits per heavy atom. The molecule has 5 nitrogen and oxygen atoms in total. The van der Waals surface area contributed by atoms with Gasteiger partial charge < -0.3 is 4.74 Å². The number of halogens is 1. The van der Waals surface area contributed by atoms with Gasteiger partial charge in [-0.2, -0.15) is 5.26 Å². The van der Waals surface area contributed by atoms with E-state index in [1.807, 2.05) is 0 Å². The number of nitrogens with zero attached hydrogens (tertiary/aromatic N) is 2. The molecule has 7 heteroatoms. The first-order chi connectivity index (χ1) is 8.48. The third kappa shape index (κ3) is 2.60. The van der Waals surface area contributed by atoms with E-state index in [1.165, 1.54) is 25.2 Å². The fourth-order valence-corrected chi connectivity index (χ4v) is 2.68. The van der Waals surface area contributed by atoms with E-state index in [1.54, 1.807) is 13.0 Å². The van der Waals surface area contributed by atoms with Crippen LogP contribution in [0.3, 0.4) is 0 Å². The molecule has 0 amide bonds. The largest absolute Gasteiger partial charge is 0.461 e. The van der Waals surface area contributed by atoms with Crippen molar-refractivity contribution >= 4 is 10.0 Å². The molecular weight excluding hydrogens is 259 g/mol. The predicted octanol–water partition coefficient (Wildman–Crippen LogP) is 1.50. The van der Waals surface area contributed by atoms with Crippen LogP contribution in [0.25, 0.3) is 0 Å². The van der Waals surface area contributed by atoms with Crippen LogP contribution in [0.4, 0.5) is 4.39 Å². The maximum Gasteiger partial charge on any atom is 0.244 e. The zero-order chi connectivity index (χ0) is 13.8. The first-order valence-corrected chi connectivity index (χ1v) is 6.61. The maximum absolute atomic E-state index is 12.2. The molecule has 0 aliphatic rings. The molecule has 0 radical (unpaired) electrons. The van der Waals surface area contributed by atoms with E-state index in [9.17, 15) is 12.8 Å². The van der Waals surface area contributed by atoms with Crippen LogP contribution in [0.2, 0.25) is 0 Å². The second-order valence-corrected chi connectivity index (χ2v) is 5.43. The standard InChI is InChI=1S/C11H13FN2O3S/c1-3-14(2)18(15,16)11-6-4-5-10(17-8-12)9(11)7-13/h4-6H,3,8H2,1-2H3. The molecule has 0 spiro atoms. The topological polar surface area (TPSA) is 70.4 Å². The minimum Gasteiger partial charge on any atom is -0.461 e. The molecule has 0 aromatic heterocycles. The summed E-state index contributed by atoms with van der Waals surface area (Å²) in [5.41, 5.74) is -0.185. The van der Waals surface area contributed by atoms with Crippen molar-refractivity contribution in [2.45, 2.75) is 11.8 Å². The molecule has 0 aliphatic carbocycles. The summed E-state index contributed by atoms with van der Waals surface area (Å²) in [6, 6.07) is 5.79. The lowest BCUT2D eigenvalue weighted by atomic mass is 10.2. The number of hydrogen-bond acceptors (Lipinski definition) is 4. The van der Waals surface area contributed by atoms with Gasteiger partial charge in [-0.05, 0) is 12.1 Å². The van der Waals surface area contributed by atoms with E-state index < -0.39 is 16.9 Å². The van der Waals surface area contributed by atoms with Gasteiger partial charge in [0, 0.05) is 13.6 Å². The molecule has 0 saturated carbocycles. The van der Waals surface area contributed by atoms with Crippen molar-refractivity contribution in [3.05, 3.63) is 23.8 Å². The van der Waals surface area contributed by atoms with Gasteiger partial charge in [0.1, 0.15) is 22.3 Å². The molecular formula is C11H13FN2O3S. The average molecular weight is 272 g/mol. The quantitative estimate of drug-likeness (QED) is 0.814. The zero-order valence-corrected chi connectivity index (χ0v) is 10.9. The highest BCUT2D eigenvalue weighted by atomic mass is 32.2. The lowest BCUT2D eigenvalue weighted by Gasteiger charge is -2.16. The Morgan fingerprint density at radius 2 is 2.17 bits per heavy atom. The van der Waals surface area contributed by atoms with Crippen molar-refractivity contribution in [1.29, 1.82) is 5.26 Å². The summed E-state index contributed by atoms with van der Waals surface area (Å²) < 4.78 is 42.1. The van der Waals surface area contributed by atoms with Crippen LogP contribution < -0.4 is 4.74 Å². The Balaban J connectivity index is 3.43. The summed E-state index contributed by atoms with van der Waals surface area (Å²) in [6.45, 7) is 0.814. The fraction of sp³-hybridized carbons (Fsp3) is 0.364. The number of rotatable bonds is 5. The van der Waals surface area contributed by atoms with Crippen molar-refractivity contribution in [3.63, 3.8) is 0 Å². The Kier molecular flexibility index (Phi) is 4.64. The van der Waals surface area contributed by atoms with Crippen LogP contribution in [0, 0.1) is 11.3 Å². The summed E-state index contributed by atoms with van der Waals surface area (Å²) in [5, 5.41) is 9.01. The van der Waals surface area contributed by atoms with E-state index in [2.05, 4.69) is 4.74 Å². The monoisotopic (exact) mass is 272 g/mol. The van der Waals surface area contributed by atoms with Crippen LogP contribution in [0.15, 0.2) is 23.1 Å². The van der Waals surface area contributed by atoms with Crippen molar-refractivity contribution in [2.24, 2.45) is 0 Å².